The van der Waals surface area contributed by atoms with Crippen LogP contribution in [0.4, 0.5) is 0 Å². The van der Waals surface area contributed by atoms with Gasteiger partial charge in [-0.2, -0.15) is 0 Å². The fourth-order valence-corrected chi connectivity index (χ4v) is 3.54. The third kappa shape index (κ3) is 1.68. The van der Waals surface area contributed by atoms with Crippen molar-refractivity contribution in [3.05, 3.63) is 12.2 Å². The van der Waals surface area contributed by atoms with Gasteiger partial charge in [-0.1, -0.05) is 32.4 Å². The summed E-state index contributed by atoms with van der Waals surface area (Å²) >= 11 is 0. The SMILES string of the molecule is CC(=O)OC1CCCCC12CC=CC2(C)C. The molecule has 2 unspecified atom stereocenters. The number of carbonyl (C=O) groups excluding carboxylic acids is 1. The Bertz CT molecular complexity index is 317. The number of carbonyl (C=O) groups is 1. The van der Waals surface area contributed by atoms with Crippen molar-refractivity contribution in [1.82, 2.24) is 0 Å². The maximum atomic E-state index is 11.2. The quantitative estimate of drug-likeness (QED) is 0.501. The van der Waals surface area contributed by atoms with Crippen LogP contribution in [0.1, 0.15) is 52.9 Å². The lowest BCUT2D eigenvalue weighted by molar-refractivity contribution is -0.163. The van der Waals surface area contributed by atoms with Crippen LogP contribution < -0.4 is 0 Å². The maximum Gasteiger partial charge on any atom is 0.302 e. The molecule has 0 radical (unpaired) electrons. The molecule has 0 aromatic carbocycles. The molecule has 1 saturated carbocycles. The van der Waals surface area contributed by atoms with Gasteiger partial charge in [-0.25, -0.2) is 0 Å². The van der Waals surface area contributed by atoms with Gasteiger partial charge in [-0.05, 0) is 31.1 Å². The van der Waals surface area contributed by atoms with Crippen molar-refractivity contribution >= 4 is 5.97 Å². The van der Waals surface area contributed by atoms with Crippen molar-refractivity contribution < 1.29 is 9.53 Å². The normalized spacial score (nSPS) is 36.6. The summed E-state index contributed by atoms with van der Waals surface area (Å²) in [6, 6.07) is 0. The Labute approximate surface area is 98.1 Å². The Balaban J connectivity index is 2.25. The van der Waals surface area contributed by atoms with E-state index in [0.29, 0.717) is 0 Å². The minimum absolute atomic E-state index is 0.115. The second-order valence-corrected chi connectivity index (χ2v) is 5.83. The summed E-state index contributed by atoms with van der Waals surface area (Å²) in [4.78, 5) is 11.2. The zero-order valence-electron chi connectivity index (χ0n) is 10.6. The summed E-state index contributed by atoms with van der Waals surface area (Å²) in [5, 5.41) is 0. The highest BCUT2D eigenvalue weighted by molar-refractivity contribution is 5.66. The molecule has 16 heavy (non-hydrogen) atoms. The predicted molar refractivity (Wildman–Crippen MR) is 64.0 cm³/mol. The highest BCUT2D eigenvalue weighted by Crippen LogP contribution is 2.57. The summed E-state index contributed by atoms with van der Waals surface area (Å²) in [7, 11) is 0. The van der Waals surface area contributed by atoms with Crippen molar-refractivity contribution in [2.45, 2.75) is 59.0 Å². The van der Waals surface area contributed by atoms with Crippen molar-refractivity contribution in [3.8, 4) is 0 Å². The second-order valence-electron chi connectivity index (χ2n) is 5.83. The van der Waals surface area contributed by atoms with Crippen molar-refractivity contribution in [2.24, 2.45) is 10.8 Å². The van der Waals surface area contributed by atoms with Gasteiger partial charge in [0.2, 0.25) is 0 Å². The zero-order chi connectivity index (χ0) is 11.8. The van der Waals surface area contributed by atoms with Gasteiger partial charge < -0.3 is 4.74 Å². The maximum absolute atomic E-state index is 11.2. The number of rotatable bonds is 1. The average Bonchev–Trinajstić information content (AvgIpc) is 2.46. The zero-order valence-corrected chi connectivity index (χ0v) is 10.6. The molecule has 2 aliphatic carbocycles. The molecule has 0 amide bonds. The van der Waals surface area contributed by atoms with E-state index in [1.807, 2.05) is 0 Å². The lowest BCUT2D eigenvalue weighted by atomic mass is 9.58. The fourth-order valence-electron chi connectivity index (χ4n) is 3.54. The molecule has 0 N–H and O–H groups in total. The summed E-state index contributed by atoms with van der Waals surface area (Å²) < 4.78 is 5.59. The summed E-state index contributed by atoms with van der Waals surface area (Å²) in [6.07, 6.45) is 10.4. The van der Waals surface area contributed by atoms with Crippen molar-refractivity contribution in [3.63, 3.8) is 0 Å². The summed E-state index contributed by atoms with van der Waals surface area (Å²) in [5.74, 6) is -0.131. The smallest absolute Gasteiger partial charge is 0.302 e. The first-order valence-corrected chi connectivity index (χ1v) is 6.33. The van der Waals surface area contributed by atoms with Crippen LogP contribution in [0.15, 0.2) is 12.2 Å². The van der Waals surface area contributed by atoms with Gasteiger partial charge in [0.05, 0.1) is 0 Å². The lowest BCUT2D eigenvalue weighted by Gasteiger charge is -2.49. The molecule has 90 valence electrons. The van der Waals surface area contributed by atoms with Crippen LogP contribution in [-0.4, -0.2) is 12.1 Å². The first-order chi connectivity index (χ1) is 7.48. The molecule has 1 fully saturated rings. The number of allylic oxidation sites excluding steroid dienone is 2. The van der Waals surface area contributed by atoms with Gasteiger partial charge in [-0.3, -0.25) is 4.79 Å². The molecule has 0 heterocycles. The monoisotopic (exact) mass is 222 g/mol. The molecule has 0 aromatic heterocycles. The molecule has 0 saturated heterocycles. The number of hydrogen-bond donors (Lipinski definition) is 0. The minimum atomic E-state index is -0.131. The Morgan fingerprint density at radius 1 is 1.38 bits per heavy atom. The van der Waals surface area contributed by atoms with E-state index in [0.717, 1.165) is 12.8 Å². The van der Waals surface area contributed by atoms with Gasteiger partial charge >= 0.3 is 5.97 Å². The van der Waals surface area contributed by atoms with Gasteiger partial charge in [0.15, 0.2) is 0 Å². The van der Waals surface area contributed by atoms with Crippen molar-refractivity contribution in [1.29, 1.82) is 0 Å². The molecular weight excluding hydrogens is 200 g/mol. The number of ether oxygens (including phenoxy) is 1. The molecule has 2 atom stereocenters. The molecule has 0 aliphatic heterocycles. The van der Waals surface area contributed by atoms with E-state index in [9.17, 15) is 4.79 Å². The molecule has 2 heteroatoms. The molecule has 0 aromatic rings. The van der Waals surface area contributed by atoms with Gasteiger partial charge in [-0.15, -0.1) is 0 Å². The Hall–Kier alpha value is -0.790. The number of esters is 1. The van der Waals surface area contributed by atoms with Crippen molar-refractivity contribution in [2.75, 3.05) is 0 Å². The van der Waals surface area contributed by atoms with Crippen LogP contribution in [0, 0.1) is 10.8 Å². The first-order valence-electron chi connectivity index (χ1n) is 6.33. The van der Waals surface area contributed by atoms with Crippen LogP contribution in [0.25, 0.3) is 0 Å². The molecule has 0 bridgehead atoms. The summed E-state index contributed by atoms with van der Waals surface area (Å²) in [5.41, 5.74) is 0.324. The largest absolute Gasteiger partial charge is 0.462 e. The van der Waals surface area contributed by atoms with E-state index < -0.39 is 0 Å². The van der Waals surface area contributed by atoms with E-state index in [2.05, 4.69) is 26.0 Å². The summed E-state index contributed by atoms with van der Waals surface area (Å²) in [6.45, 7) is 6.08. The molecule has 2 rings (SSSR count). The molecule has 2 nitrogen and oxygen atoms in total. The third-order valence-corrected chi connectivity index (χ3v) is 4.56. The van der Waals surface area contributed by atoms with Gasteiger partial charge in [0, 0.05) is 12.3 Å². The third-order valence-electron chi connectivity index (χ3n) is 4.56. The lowest BCUT2D eigenvalue weighted by Crippen LogP contribution is -2.47. The van der Waals surface area contributed by atoms with Crippen LogP contribution in [0.5, 0.6) is 0 Å². The minimum Gasteiger partial charge on any atom is -0.462 e. The van der Waals surface area contributed by atoms with E-state index in [-0.39, 0.29) is 22.9 Å². The molecule has 2 aliphatic rings. The molecular formula is C14H22O2. The topological polar surface area (TPSA) is 26.3 Å². The Kier molecular flexibility index (Phi) is 2.85. The Morgan fingerprint density at radius 3 is 2.69 bits per heavy atom. The van der Waals surface area contributed by atoms with Gasteiger partial charge in [0.1, 0.15) is 6.10 Å². The highest BCUT2D eigenvalue weighted by atomic mass is 16.5. The standard InChI is InChI=1S/C14H22O2/c1-11(15)16-12-7-4-5-9-14(12)10-6-8-13(14,2)3/h6,8,12H,4-5,7,9-10H2,1-3H3. The molecule has 1 spiro atoms. The van der Waals surface area contributed by atoms with E-state index in [1.54, 1.807) is 0 Å². The van der Waals surface area contributed by atoms with E-state index >= 15 is 0 Å². The van der Waals surface area contributed by atoms with Crippen LogP contribution in [-0.2, 0) is 9.53 Å². The van der Waals surface area contributed by atoms with E-state index in [1.165, 1.54) is 26.2 Å². The van der Waals surface area contributed by atoms with Crippen LogP contribution >= 0.6 is 0 Å². The first kappa shape index (κ1) is 11.7. The van der Waals surface area contributed by atoms with Crippen LogP contribution in [0.3, 0.4) is 0 Å². The Morgan fingerprint density at radius 2 is 2.12 bits per heavy atom. The van der Waals surface area contributed by atoms with Crippen LogP contribution in [0.2, 0.25) is 0 Å². The van der Waals surface area contributed by atoms with Gasteiger partial charge in [0.25, 0.3) is 0 Å². The average molecular weight is 222 g/mol. The predicted octanol–water partition coefficient (Wildman–Crippen LogP) is 3.46. The number of hydrogen-bond acceptors (Lipinski definition) is 2. The highest BCUT2D eigenvalue weighted by Gasteiger charge is 2.53. The van der Waals surface area contributed by atoms with E-state index in [4.69, 9.17) is 4.74 Å². The fraction of sp³-hybridized carbons (Fsp3) is 0.786. The second kappa shape index (κ2) is 3.90.